The maximum atomic E-state index is 8.89. The maximum absolute atomic E-state index is 8.89. The zero-order chi connectivity index (χ0) is 6.85. The van der Waals surface area contributed by atoms with E-state index in [1.54, 1.807) is 0 Å². The van der Waals surface area contributed by atoms with Crippen LogP contribution in [0.4, 0.5) is 0 Å². The third-order valence-corrected chi connectivity index (χ3v) is 1.30. The summed E-state index contributed by atoms with van der Waals surface area (Å²) in [6.45, 7) is 0.848. The van der Waals surface area contributed by atoms with Crippen LogP contribution < -0.4 is 0 Å². The lowest BCUT2D eigenvalue weighted by atomic mass is 10.2. The van der Waals surface area contributed by atoms with Gasteiger partial charge in [0.15, 0.2) is 0 Å². The lowest BCUT2D eigenvalue weighted by molar-refractivity contribution is -0.00317. The van der Waals surface area contributed by atoms with Gasteiger partial charge in [-0.1, -0.05) is 0 Å². The number of rotatable bonds is 1. The van der Waals surface area contributed by atoms with Crippen molar-refractivity contribution in [3.63, 3.8) is 0 Å². The molecule has 1 aliphatic heterocycles. The van der Waals surface area contributed by atoms with Crippen molar-refractivity contribution in [1.29, 1.82) is 0 Å². The number of hydrogen-bond donors (Lipinski definition) is 3. The number of hydrogen-bond acceptors (Lipinski definition) is 4. The Morgan fingerprint density at radius 1 is 1.44 bits per heavy atom. The minimum Gasteiger partial charge on any atom is -0.394 e. The molecule has 1 aliphatic rings. The minimum atomic E-state index is -0.977. The van der Waals surface area contributed by atoms with Gasteiger partial charge < -0.3 is 20.1 Å². The lowest BCUT2D eigenvalue weighted by Crippen LogP contribution is -2.31. The van der Waals surface area contributed by atoms with Gasteiger partial charge in [0, 0.05) is 0 Å². The maximum Gasteiger partial charge on any atom is 0.115 e. The van der Waals surface area contributed by atoms with Crippen molar-refractivity contribution in [2.24, 2.45) is 0 Å². The van der Waals surface area contributed by atoms with Crippen LogP contribution in [0.5, 0.6) is 0 Å². The molecule has 0 bridgehead atoms. The molecule has 0 saturated carbocycles. The van der Waals surface area contributed by atoms with Crippen LogP contribution >= 0.6 is 0 Å². The van der Waals surface area contributed by atoms with E-state index in [9.17, 15) is 0 Å². The Labute approximate surface area is 52.7 Å². The Morgan fingerprint density at radius 2 is 2.11 bits per heavy atom. The van der Waals surface area contributed by atoms with Crippen LogP contribution in [-0.4, -0.2) is 40.2 Å². The highest BCUT2D eigenvalue weighted by molar-refractivity contribution is 4.89. The van der Waals surface area contributed by atoms with Gasteiger partial charge >= 0.3 is 0 Å². The molecular weight excluding hydrogens is 124 g/mol. The number of ether oxygens (including phenoxy) is 1. The molecule has 1 heterocycles. The molecule has 4 nitrogen and oxygen atoms in total. The van der Waals surface area contributed by atoms with Crippen LogP contribution in [0.3, 0.4) is 0 Å². The second-order valence-electron chi connectivity index (χ2n) is 1.97. The Morgan fingerprint density at radius 3 is 2.33 bits per heavy atom. The molecule has 3 atom stereocenters. The van der Waals surface area contributed by atoms with Crippen LogP contribution in [0.2, 0.25) is 0 Å². The molecule has 0 amide bonds. The van der Waals surface area contributed by atoms with E-state index < -0.39 is 18.3 Å². The fourth-order valence-electron chi connectivity index (χ4n) is 0.713. The second-order valence-corrected chi connectivity index (χ2v) is 1.97. The van der Waals surface area contributed by atoms with Gasteiger partial charge in [0.05, 0.1) is 6.61 Å². The van der Waals surface area contributed by atoms with E-state index in [4.69, 9.17) is 15.3 Å². The summed E-state index contributed by atoms with van der Waals surface area (Å²) in [6.07, 6.45) is -2.59. The molecule has 0 aromatic heterocycles. The van der Waals surface area contributed by atoms with E-state index in [2.05, 4.69) is 4.74 Å². The average Bonchev–Trinajstić information content (AvgIpc) is 2.15. The number of aliphatic hydroxyl groups is 3. The third kappa shape index (κ3) is 1.21. The summed E-state index contributed by atoms with van der Waals surface area (Å²) in [5, 5.41) is 26.1. The topological polar surface area (TPSA) is 69.9 Å². The molecule has 0 unspecified atom stereocenters. The highest BCUT2D eigenvalue weighted by Crippen LogP contribution is 2.16. The van der Waals surface area contributed by atoms with Crippen molar-refractivity contribution >= 4 is 0 Å². The van der Waals surface area contributed by atoms with Crippen LogP contribution in [0.15, 0.2) is 0 Å². The van der Waals surface area contributed by atoms with E-state index in [0.717, 1.165) is 6.61 Å². The summed E-state index contributed by atoms with van der Waals surface area (Å²) in [5.74, 6) is 0. The summed E-state index contributed by atoms with van der Waals surface area (Å²) in [5.41, 5.74) is 0. The van der Waals surface area contributed by atoms with E-state index in [-0.39, 0.29) is 6.61 Å². The first-order valence-corrected chi connectivity index (χ1v) is 2.71. The zero-order valence-electron chi connectivity index (χ0n) is 4.77. The predicted molar refractivity (Wildman–Crippen MR) is 28.3 cm³/mol. The minimum absolute atomic E-state index is 0.269. The smallest absolute Gasteiger partial charge is 0.115 e. The van der Waals surface area contributed by atoms with Gasteiger partial charge in [-0.3, -0.25) is 0 Å². The predicted octanol–water partition coefficient (Wildman–Crippen LogP) is -1.74. The van der Waals surface area contributed by atoms with Gasteiger partial charge in [-0.25, -0.2) is 0 Å². The Hall–Kier alpha value is -0.160. The zero-order valence-corrected chi connectivity index (χ0v) is 4.77. The van der Waals surface area contributed by atoms with Crippen molar-refractivity contribution < 1.29 is 20.1 Å². The highest BCUT2D eigenvalue weighted by Gasteiger charge is 2.34. The molecule has 0 aromatic carbocycles. The van der Waals surface area contributed by atoms with Crippen molar-refractivity contribution in [3.8, 4) is 0 Å². The van der Waals surface area contributed by atoms with Crippen molar-refractivity contribution in [2.75, 3.05) is 6.61 Å². The molecule has 1 fully saturated rings. The summed E-state index contributed by atoms with van der Waals surface area (Å²) < 4.78 is 4.65. The van der Waals surface area contributed by atoms with Gasteiger partial charge in [0.25, 0.3) is 0 Å². The molecule has 9 heavy (non-hydrogen) atoms. The molecule has 0 aliphatic carbocycles. The largest absolute Gasteiger partial charge is 0.394 e. The van der Waals surface area contributed by atoms with E-state index >= 15 is 0 Å². The summed E-state index contributed by atoms with van der Waals surface area (Å²) >= 11 is 0. The first kappa shape index (κ1) is 6.95. The Kier molecular flexibility index (Phi) is 2.02. The van der Waals surface area contributed by atoms with Crippen LogP contribution in [0.1, 0.15) is 0 Å². The van der Waals surface area contributed by atoms with Gasteiger partial charge in [0.2, 0.25) is 0 Å². The molecule has 0 spiro atoms. The third-order valence-electron chi connectivity index (χ3n) is 1.30. The average molecular weight is 133 g/mol. The van der Waals surface area contributed by atoms with Crippen molar-refractivity contribution in [2.45, 2.75) is 18.3 Å². The highest BCUT2D eigenvalue weighted by atomic mass is 16.5. The SMILES string of the molecule is OC[C@H]1O[CH][C@H](O)[C@H]1O. The Bertz CT molecular complexity index is 95.0. The number of aliphatic hydroxyl groups excluding tert-OH is 3. The first-order chi connectivity index (χ1) is 4.25. The summed E-state index contributed by atoms with van der Waals surface area (Å²) in [7, 11) is 0. The molecule has 1 saturated heterocycles. The van der Waals surface area contributed by atoms with Gasteiger partial charge in [-0.15, -0.1) is 0 Å². The molecule has 1 rings (SSSR count). The van der Waals surface area contributed by atoms with Gasteiger partial charge in [-0.05, 0) is 0 Å². The van der Waals surface area contributed by atoms with Crippen LogP contribution in [-0.2, 0) is 4.74 Å². The normalized spacial score (nSPS) is 43.7. The first-order valence-electron chi connectivity index (χ1n) is 2.71. The Balaban J connectivity index is 2.41. The van der Waals surface area contributed by atoms with Crippen molar-refractivity contribution in [1.82, 2.24) is 0 Å². The molecule has 0 aromatic rings. The quantitative estimate of drug-likeness (QED) is 0.397. The van der Waals surface area contributed by atoms with Gasteiger partial charge in [0.1, 0.15) is 24.9 Å². The fraction of sp³-hybridized carbons (Fsp3) is 0.800. The van der Waals surface area contributed by atoms with Crippen molar-refractivity contribution in [3.05, 3.63) is 6.61 Å². The second kappa shape index (κ2) is 2.62. The molecule has 3 N–H and O–H groups in total. The standard InChI is InChI=1S/C5H9O4/c6-1-4-5(8)3(7)2-9-4/h2-8H,1H2/t3-,4+,5+/m0/s1. The molecule has 53 valence electrons. The van der Waals surface area contributed by atoms with E-state index in [1.165, 1.54) is 0 Å². The molecular formula is C5H9O4. The lowest BCUT2D eigenvalue weighted by Gasteiger charge is -2.10. The summed E-state index contributed by atoms with van der Waals surface area (Å²) in [4.78, 5) is 0. The molecule has 4 heteroatoms. The van der Waals surface area contributed by atoms with E-state index in [0.29, 0.717) is 0 Å². The van der Waals surface area contributed by atoms with E-state index in [1.807, 2.05) is 0 Å². The van der Waals surface area contributed by atoms with Crippen LogP contribution in [0, 0.1) is 6.61 Å². The van der Waals surface area contributed by atoms with Crippen LogP contribution in [0.25, 0.3) is 0 Å². The fourth-order valence-corrected chi connectivity index (χ4v) is 0.713. The van der Waals surface area contributed by atoms with Gasteiger partial charge in [-0.2, -0.15) is 0 Å². The summed E-state index contributed by atoms with van der Waals surface area (Å²) in [6, 6.07) is 0. The monoisotopic (exact) mass is 133 g/mol. The molecule has 1 radical (unpaired) electrons.